The number of aromatic nitrogens is 3. The summed E-state index contributed by atoms with van der Waals surface area (Å²) in [7, 11) is 0. The van der Waals surface area contributed by atoms with Crippen molar-refractivity contribution in [3.63, 3.8) is 0 Å². The average Bonchev–Trinajstić information content (AvgIpc) is 3.37. The van der Waals surface area contributed by atoms with Gasteiger partial charge in [0.25, 0.3) is 11.5 Å². The number of anilines is 1. The number of aromatic amines is 1. The van der Waals surface area contributed by atoms with E-state index in [-0.39, 0.29) is 34.9 Å². The van der Waals surface area contributed by atoms with Crippen LogP contribution in [0.15, 0.2) is 47.7 Å². The number of halogens is 2. The molecule has 10 nitrogen and oxygen atoms in total. The summed E-state index contributed by atoms with van der Waals surface area (Å²) in [6.45, 7) is 6.35. The molecule has 0 bridgehead atoms. The van der Waals surface area contributed by atoms with Crippen LogP contribution >= 0.6 is 34.5 Å². The summed E-state index contributed by atoms with van der Waals surface area (Å²) in [6.07, 6.45) is 5.71. The Morgan fingerprint density at radius 3 is 2.70 bits per heavy atom. The van der Waals surface area contributed by atoms with Crippen LogP contribution in [-0.2, 0) is 4.74 Å². The minimum atomic E-state index is -0.602. The summed E-state index contributed by atoms with van der Waals surface area (Å²) in [4.78, 5) is 52.7. The maximum Gasteiger partial charge on any atom is 0.410 e. The van der Waals surface area contributed by atoms with Crippen LogP contribution in [0, 0.1) is 0 Å². The summed E-state index contributed by atoms with van der Waals surface area (Å²) in [5.41, 5.74) is -0.120. The molecule has 4 aromatic rings. The number of ether oxygens (including phenoxy) is 2. The first-order valence-corrected chi connectivity index (χ1v) is 15.4. The third-order valence-corrected chi connectivity index (χ3v) is 8.46. The van der Waals surface area contributed by atoms with Gasteiger partial charge in [-0.05, 0) is 70.4 Å². The zero-order valence-electron chi connectivity index (χ0n) is 23.9. The molecule has 2 amide bonds. The van der Waals surface area contributed by atoms with Crippen LogP contribution in [0.3, 0.4) is 0 Å². The highest BCUT2D eigenvalue weighted by Gasteiger charge is 2.31. The highest BCUT2D eigenvalue weighted by atomic mass is 35.5. The molecule has 0 spiro atoms. The van der Waals surface area contributed by atoms with Gasteiger partial charge in [-0.1, -0.05) is 23.2 Å². The van der Waals surface area contributed by atoms with E-state index in [1.165, 1.54) is 29.9 Å². The lowest BCUT2D eigenvalue weighted by atomic mass is 10.00. The van der Waals surface area contributed by atoms with Gasteiger partial charge in [0.05, 0.1) is 32.6 Å². The minimum Gasteiger partial charge on any atom is -0.492 e. The van der Waals surface area contributed by atoms with E-state index in [2.05, 4.69) is 20.3 Å². The van der Waals surface area contributed by atoms with Crippen LogP contribution in [-0.4, -0.2) is 56.6 Å². The third kappa shape index (κ3) is 7.29. The Labute approximate surface area is 262 Å². The van der Waals surface area contributed by atoms with Crippen molar-refractivity contribution < 1.29 is 19.1 Å². The van der Waals surface area contributed by atoms with E-state index >= 15 is 0 Å². The van der Waals surface area contributed by atoms with E-state index in [9.17, 15) is 14.4 Å². The molecule has 1 unspecified atom stereocenters. The molecular weight excluding hydrogens is 613 g/mol. The van der Waals surface area contributed by atoms with E-state index < -0.39 is 11.5 Å². The lowest BCUT2D eigenvalue weighted by molar-refractivity contribution is 0.00745. The molecule has 0 aliphatic carbocycles. The molecule has 1 aromatic carbocycles. The number of nitrogens with zero attached hydrogens (tertiary/aromatic N) is 3. The van der Waals surface area contributed by atoms with Crippen molar-refractivity contribution in [2.24, 2.45) is 0 Å². The van der Waals surface area contributed by atoms with Crippen molar-refractivity contribution in [1.82, 2.24) is 19.9 Å². The van der Waals surface area contributed by atoms with Gasteiger partial charge in [-0.15, -0.1) is 11.3 Å². The number of rotatable bonds is 7. The van der Waals surface area contributed by atoms with Crippen molar-refractivity contribution >= 4 is 63.3 Å². The Hall–Kier alpha value is -3.67. The van der Waals surface area contributed by atoms with E-state index in [0.29, 0.717) is 50.2 Å². The van der Waals surface area contributed by atoms with Crippen molar-refractivity contribution in [1.29, 1.82) is 0 Å². The number of hydrogen-bond donors (Lipinski definition) is 2. The van der Waals surface area contributed by atoms with Crippen molar-refractivity contribution in [2.75, 3.05) is 18.5 Å². The van der Waals surface area contributed by atoms with Crippen LogP contribution in [0.5, 0.6) is 5.75 Å². The SMILES string of the molecule is CC(C)(C)OC(=O)N1CCCCC1CCOc1c(-c2ccc(Cl)s2)c(=O)[nH]c2cc(Cl)c(C(=O)Nc3ccncn3)cc12. The predicted molar refractivity (Wildman–Crippen MR) is 169 cm³/mol. The summed E-state index contributed by atoms with van der Waals surface area (Å²) >= 11 is 14.0. The number of amides is 2. The second-order valence-corrected chi connectivity index (χ2v) is 13.3. The number of carbonyl (C=O) groups excluding carboxylic acids is 2. The topological polar surface area (TPSA) is 127 Å². The maximum atomic E-state index is 13.4. The normalized spacial score (nSPS) is 15.4. The highest BCUT2D eigenvalue weighted by molar-refractivity contribution is 7.19. The number of carbonyl (C=O) groups is 2. The van der Waals surface area contributed by atoms with Gasteiger partial charge in [-0.2, -0.15) is 0 Å². The summed E-state index contributed by atoms with van der Waals surface area (Å²) in [5.74, 6) is 0.119. The van der Waals surface area contributed by atoms with Crippen LogP contribution in [0.25, 0.3) is 21.3 Å². The van der Waals surface area contributed by atoms with Crippen molar-refractivity contribution in [2.45, 2.75) is 58.1 Å². The third-order valence-electron chi connectivity index (χ3n) is 6.89. The monoisotopic (exact) mass is 643 g/mol. The predicted octanol–water partition coefficient (Wildman–Crippen LogP) is 7.16. The van der Waals surface area contributed by atoms with E-state index in [1.807, 2.05) is 20.8 Å². The molecule has 1 fully saturated rings. The summed E-state index contributed by atoms with van der Waals surface area (Å²) in [6, 6.07) is 8.05. The molecule has 2 N–H and O–H groups in total. The van der Waals surface area contributed by atoms with Crippen LogP contribution in [0.4, 0.5) is 10.6 Å². The van der Waals surface area contributed by atoms with Crippen molar-refractivity contribution in [3.8, 4) is 16.2 Å². The minimum absolute atomic E-state index is 0.0832. The molecule has 0 saturated carbocycles. The second kappa shape index (κ2) is 12.9. The quantitative estimate of drug-likeness (QED) is 0.219. The number of benzene rings is 1. The van der Waals surface area contributed by atoms with Crippen LogP contribution in [0.2, 0.25) is 9.36 Å². The number of nitrogens with one attached hydrogen (secondary N) is 2. The molecule has 226 valence electrons. The lowest BCUT2D eigenvalue weighted by Gasteiger charge is -2.36. The molecule has 4 heterocycles. The van der Waals surface area contributed by atoms with E-state index in [1.54, 1.807) is 29.2 Å². The van der Waals surface area contributed by atoms with E-state index in [0.717, 1.165) is 19.3 Å². The van der Waals surface area contributed by atoms with Gasteiger partial charge < -0.3 is 24.7 Å². The molecule has 3 aromatic heterocycles. The van der Waals surface area contributed by atoms with Gasteiger partial charge in [0.1, 0.15) is 23.5 Å². The molecule has 1 aliphatic rings. The van der Waals surface area contributed by atoms with Gasteiger partial charge in [-0.25, -0.2) is 14.8 Å². The highest BCUT2D eigenvalue weighted by Crippen LogP contribution is 2.39. The Morgan fingerprint density at radius 1 is 1.19 bits per heavy atom. The number of hydrogen-bond acceptors (Lipinski definition) is 8. The Kier molecular flexibility index (Phi) is 9.24. The zero-order valence-corrected chi connectivity index (χ0v) is 26.2. The van der Waals surface area contributed by atoms with Gasteiger partial charge in [-0.3, -0.25) is 9.59 Å². The fourth-order valence-electron chi connectivity index (χ4n) is 4.99. The molecule has 1 atom stereocenters. The first kappa shape index (κ1) is 30.8. The largest absolute Gasteiger partial charge is 0.492 e. The maximum absolute atomic E-state index is 13.4. The molecule has 1 saturated heterocycles. The zero-order chi connectivity index (χ0) is 30.7. The second-order valence-electron chi connectivity index (χ2n) is 11.1. The number of H-pyrrole nitrogens is 1. The number of pyridine rings is 1. The standard InChI is InChI=1S/C30H31Cl2N5O5S/c1-30(2,3)42-29(40)37-12-5-4-6-17(37)10-13-41-26-19-14-18(27(38)36-24-9-11-33-16-34-24)20(31)15-21(19)35-28(39)25(26)22-7-8-23(32)43-22/h7-9,11,14-17H,4-6,10,12-13H2,1-3H3,(H,35,39)(H,33,34,36,38). The first-order chi connectivity index (χ1) is 20.5. The van der Waals surface area contributed by atoms with Crippen molar-refractivity contribution in [3.05, 3.63) is 68.1 Å². The first-order valence-electron chi connectivity index (χ1n) is 13.8. The van der Waals surface area contributed by atoms with Crippen LogP contribution in [0.1, 0.15) is 56.8 Å². The average molecular weight is 645 g/mol. The number of likely N-dealkylation sites (tertiary alicyclic amines) is 1. The molecule has 13 heteroatoms. The van der Waals surface area contributed by atoms with Gasteiger partial charge in [0, 0.05) is 35.5 Å². The smallest absolute Gasteiger partial charge is 0.410 e. The Bertz CT molecular complexity index is 1700. The van der Waals surface area contributed by atoms with Gasteiger partial charge in [0.2, 0.25) is 0 Å². The fraction of sp³-hybridized carbons (Fsp3) is 0.367. The van der Waals surface area contributed by atoms with Gasteiger partial charge in [0.15, 0.2) is 0 Å². The number of fused-ring (bicyclic) bond motifs is 1. The molecule has 1 aliphatic heterocycles. The summed E-state index contributed by atoms with van der Waals surface area (Å²) < 4.78 is 12.5. The van der Waals surface area contributed by atoms with Gasteiger partial charge >= 0.3 is 6.09 Å². The Morgan fingerprint density at radius 2 is 2.00 bits per heavy atom. The fourth-order valence-corrected chi connectivity index (χ4v) is 6.32. The molecule has 5 rings (SSSR count). The lowest BCUT2D eigenvalue weighted by Crippen LogP contribution is -2.46. The number of thiophene rings is 1. The molecule has 43 heavy (non-hydrogen) atoms. The molecule has 0 radical (unpaired) electrons. The Balaban J connectivity index is 1.49. The van der Waals surface area contributed by atoms with Crippen LogP contribution < -0.4 is 15.6 Å². The summed E-state index contributed by atoms with van der Waals surface area (Å²) in [5, 5.41) is 3.34. The van der Waals surface area contributed by atoms with E-state index in [4.69, 9.17) is 32.7 Å². The molecular formula is C30H31Cl2N5O5S. The number of piperidine rings is 1.